The molecule has 2 aromatic heterocycles. The number of aromatic nitrogens is 2. The van der Waals surface area contributed by atoms with E-state index in [-0.39, 0.29) is 0 Å². The summed E-state index contributed by atoms with van der Waals surface area (Å²) >= 11 is 0. The van der Waals surface area contributed by atoms with Crippen LogP contribution in [0.25, 0.3) is 5.52 Å². The average molecular weight is 335 g/mol. The Morgan fingerprint density at radius 2 is 1.83 bits per heavy atom. The summed E-state index contributed by atoms with van der Waals surface area (Å²) in [5.41, 5.74) is 1.07. The molecule has 1 aliphatic rings. The van der Waals surface area contributed by atoms with Crippen molar-refractivity contribution < 1.29 is 24.5 Å². The normalized spacial score (nSPS) is 14.7. The van der Waals surface area contributed by atoms with Crippen molar-refractivity contribution in [2.75, 3.05) is 26.2 Å². The summed E-state index contributed by atoms with van der Waals surface area (Å²) in [6.07, 6.45) is 5.97. The van der Waals surface area contributed by atoms with Gasteiger partial charge in [-0.05, 0) is 38.1 Å². The van der Waals surface area contributed by atoms with Crippen molar-refractivity contribution >= 4 is 17.5 Å². The molecule has 0 saturated carbocycles. The van der Waals surface area contributed by atoms with E-state index in [2.05, 4.69) is 10.00 Å². The second-order valence-electron chi connectivity index (χ2n) is 5.41. The molecule has 0 amide bonds. The molecular weight excluding hydrogens is 314 g/mol. The fourth-order valence-corrected chi connectivity index (χ4v) is 2.45. The third-order valence-corrected chi connectivity index (χ3v) is 3.64. The molecule has 8 nitrogen and oxygen atoms in total. The van der Waals surface area contributed by atoms with Crippen LogP contribution in [0.2, 0.25) is 0 Å². The lowest BCUT2D eigenvalue weighted by Crippen LogP contribution is -2.33. The summed E-state index contributed by atoms with van der Waals surface area (Å²) < 4.78 is 7.56. The van der Waals surface area contributed by atoms with Crippen LogP contribution in [0.4, 0.5) is 0 Å². The highest BCUT2D eigenvalue weighted by Crippen LogP contribution is 2.13. The van der Waals surface area contributed by atoms with Gasteiger partial charge in [0.05, 0.1) is 5.52 Å². The molecule has 1 saturated heterocycles. The Morgan fingerprint density at radius 3 is 2.46 bits per heavy atom. The Labute approximate surface area is 139 Å². The lowest BCUT2D eigenvalue weighted by molar-refractivity contribution is -0.159. The summed E-state index contributed by atoms with van der Waals surface area (Å²) in [5.74, 6) is -2.93. The van der Waals surface area contributed by atoms with Gasteiger partial charge in [0.1, 0.15) is 6.61 Å². The van der Waals surface area contributed by atoms with Gasteiger partial charge in [-0.25, -0.2) is 14.1 Å². The standard InChI is InChI=1S/C14H19N3O.C2H2O4/c1-3-7-16(8-4-1)10-11-18-14-12-13-6-2-5-9-17(13)15-14;3-1(4)2(5)6/h2,5-6,9,12H,1,3-4,7-8,10-11H2;(H,3,4)(H,5,6). The van der Waals surface area contributed by atoms with Gasteiger partial charge in [0.2, 0.25) is 5.88 Å². The molecule has 24 heavy (non-hydrogen) atoms. The van der Waals surface area contributed by atoms with E-state index < -0.39 is 11.9 Å². The van der Waals surface area contributed by atoms with E-state index in [1.165, 1.54) is 32.4 Å². The van der Waals surface area contributed by atoms with Crippen LogP contribution in [-0.4, -0.2) is 62.9 Å². The van der Waals surface area contributed by atoms with Gasteiger partial charge in [0, 0.05) is 18.8 Å². The van der Waals surface area contributed by atoms with Gasteiger partial charge in [0.25, 0.3) is 0 Å². The molecule has 3 rings (SSSR count). The predicted molar refractivity (Wildman–Crippen MR) is 86.2 cm³/mol. The highest BCUT2D eigenvalue weighted by Gasteiger charge is 2.10. The van der Waals surface area contributed by atoms with Gasteiger partial charge in [-0.15, -0.1) is 5.10 Å². The first-order valence-corrected chi connectivity index (χ1v) is 7.82. The third kappa shape index (κ3) is 5.54. The minimum atomic E-state index is -1.82. The zero-order valence-corrected chi connectivity index (χ0v) is 13.3. The number of rotatable bonds is 4. The minimum absolute atomic E-state index is 0.721. The molecule has 130 valence electrons. The van der Waals surface area contributed by atoms with E-state index in [1.54, 1.807) is 0 Å². The first-order chi connectivity index (χ1) is 11.6. The maximum atomic E-state index is 9.10. The van der Waals surface area contributed by atoms with Crippen LogP contribution in [0.5, 0.6) is 5.88 Å². The average Bonchev–Trinajstić information content (AvgIpc) is 2.99. The summed E-state index contributed by atoms with van der Waals surface area (Å²) in [7, 11) is 0. The Balaban J connectivity index is 0.000000301. The second-order valence-corrected chi connectivity index (χ2v) is 5.41. The minimum Gasteiger partial charge on any atom is -0.475 e. The number of hydrogen-bond acceptors (Lipinski definition) is 5. The molecule has 2 aromatic rings. The van der Waals surface area contributed by atoms with E-state index in [0.29, 0.717) is 0 Å². The van der Waals surface area contributed by atoms with Crippen LogP contribution < -0.4 is 4.74 Å². The smallest absolute Gasteiger partial charge is 0.414 e. The molecule has 1 fully saturated rings. The van der Waals surface area contributed by atoms with Gasteiger partial charge in [-0.3, -0.25) is 4.90 Å². The quantitative estimate of drug-likeness (QED) is 0.813. The maximum absolute atomic E-state index is 9.10. The zero-order valence-electron chi connectivity index (χ0n) is 13.3. The Morgan fingerprint density at radius 1 is 1.12 bits per heavy atom. The van der Waals surface area contributed by atoms with Crippen molar-refractivity contribution in [2.45, 2.75) is 19.3 Å². The number of carboxylic acid groups (broad SMARTS) is 2. The predicted octanol–water partition coefficient (Wildman–Crippen LogP) is 1.35. The molecule has 3 heterocycles. The SMILES string of the molecule is O=C(O)C(=O)O.c1ccn2nc(OCCN3CCCCC3)cc2c1. The fourth-order valence-electron chi connectivity index (χ4n) is 2.45. The number of carbonyl (C=O) groups is 2. The largest absolute Gasteiger partial charge is 0.475 e. The molecule has 8 heteroatoms. The molecule has 0 atom stereocenters. The maximum Gasteiger partial charge on any atom is 0.414 e. The Hall–Kier alpha value is -2.61. The monoisotopic (exact) mass is 335 g/mol. The number of aliphatic carboxylic acids is 2. The van der Waals surface area contributed by atoms with Crippen LogP contribution in [0.3, 0.4) is 0 Å². The second kappa shape index (κ2) is 8.88. The van der Waals surface area contributed by atoms with Crippen LogP contribution >= 0.6 is 0 Å². The van der Waals surface area contributed by atoms with Crippen molar-refractivity contribution in [3.8, 4) is 5.88 Å². The lowest BCUT2D eigenvalue weighted by Gasteiger charge is -2.25. The number of pyridine rings is 1. The third-order valence-electron chi connectivity index (χ3n) is 3.64. The fraction of sp³-hybridized carbons (Fsp3) is 0.438. The van der Waals surface area contributed by atoms with E-state index in [1.807, 2.05) is 35.0 Å². The van der Waals surface area contributed by atoms with Crippen molar-refractivity contribution in [3.05, 3.63) is 30.5 Å². The van der Waals surface area contributed by atoms with Crippen LogP contribution in [-0.2, 0) is 9.59 Å². The number of ether oxygens (including phenoxy) is 1. The van der Waals surface area contributed by atoms with Gasteiger partial charge >= 0.3 is 11.9 Å². The summed E-state index contributed by atoms with van der Waals surface area (Å²) in [5, 5.41) is 19.2. The molecule has 0 aliphatic carbocycles. The first kappa shape index (κ1) is 17.7. The van der Waals surface area contributed by atoms with Crippen LogP contribution in [0, 0.1) is 0 Å². The number of hydrogen-bond donors (Lipinski definition) is 2. The molecule has 0 bridgehead atoms. The van der Waals surface area contributed by atoms with Crippen molar-refractivity contribution in [1.82, 2.24) is 14.5 Å². The summed E-state index contributed by atoms with van der Waals surface area (Å²) in [4.78, 5) is 20.7. The molecule has 0 unspecified atom stereocenters. The molecule has 0 spiro atoms. The van der Waals surface area contributed by atoms with Crippen LogP contribution in [0.1, 0.15) is 19.3 Å². The lowest BCUT2D eigenvalue weighted by atomic mass is 10.1. The van der Waals surface area contributed by atoms with Gasteiger partial charge in [-0.1, -0.05) is 12.5 Å². The van der Waals surface area contributed by atoms with Crippen LogP contribution in [0.15, 0.2) is 30.5 Å². The molecule has 2 N–H and O–H groups in total. The molecular formula is C16H21N3O5. The summed E-state index contributed by atoms with van der Waals surface area (Å²) in [6, 6.07) is 7.99. The number of fused-ring (bicyclic) bond motifs is 1. The Kier molecular flexibility index (Phi) is 6.56. The number of likely N-dealkylation sites (tertiary alicyclic amines) is 1. The van der Waals surface area contributed by atoms with E-state index in [4.69, 9.17) is 24.5 Å². The Bertz CT molecular complexity index is 634. The first-order valence-electron chi connectivity index (χ1n) is 7.82. The van der Waals surface area contributed by atoms with Crippen molar-refractivity contribution in [2.24, 2.45) is 0 Å². The molecule has 0 radical (unpaired) electrons. The van der Waals surface area contributed by atoms with E-state index in [0.717, 1.165) is 24.5 Å². The van der Waals surface area contributed by atoms with E-state index >= 15 is 0 Å². The number of nitrogens with zero attached hydrogens (tertiary/aromatic N) is 3. The number of piperidine rings is 1. The topological polar surface area (TPSA) is 104 Å². The van der Waals surface area contributed by atoms with Crippen molar-refractivity contribution in [1.29, 1.82) is 0 Å². The zero-order chi connectivity index (χ0) is 17.4. The van der Waals surface area contributed by atoms with E-state index in [9.17, 15) is 0 Å². The molecule has 1 aliphatic heterocycles. The summed E-state index contributed by atoms with van der Waals surface area (Å²) in [6.45, 7) is 4.17. The van der Waals surface area contributed by atoms with Crippen molar-refractivity contribution in [3.63, 3.8) is 0 Å². The van der Waals surface area contributed by atoms with Gasteiger partial charge in [0.15, 0.2) is 0 Å². The molecule has 0 aromatic carbocycles. The van der Waals surface area contributed by atoms with Gasteiger partial charge < -0.3 is 14.9 Å². The highest BCUT2D eigenvalue weighted by molar-refractivity contribution is 6.27. The van der Waals surface area contributed by atoms with Gasteiger partial charge in [-0.2, -0.15) is 0 Å². The highest BCUT2D eigenvalue weighted by atomic mass is 16.5. The number of carboxylic acids is 2.